The molecule has 0 saturated carbocycles. The van der Waals surface area contributed by atoms with Crippen LogP contribution < -0.4 is 5.32 Å². The van der Waals surface area contributed by atoms with Crippen LogP contribution >= 0.6 is 34.8 Å². The van der Waals surface area contributed by atoms with Gasteiger partial charge in [-0.1, -0.05) is 85.9 Å². The van der Waals surface area contributed by atoms with Crippen molar-refractivity contribution in [2.24, 2.45) is 11.3 Å². The van der Waals surface area contributed by atoms with E-state index in [1.807, 2.05) is 48.5 Å². The van der Waals surface area contributed by atoms with Gasteiger partial charge in [0.25, 0.3) is 5.91 Å². The fourth-order valence-electron chi connectivity index (χ4n) is 5.16. The molecule has 0 aliphatic heterocycles. The molecule has 3 aromatic carbocycles. The Labute approximate surface area is 254 Å². The number of benzene rings is 3. The number of carbonyl (C=O) groups excluding carboxylic acids is 2. The van der Waals surface area contributed by atoms with E-state index >= 15 is 0 Å². The first-order valence-electron chi connectivity index (χ1n) is 13.3. The number of halogens is 3. The van der Waals surface area contributed by atoms with Crippen LogP contribution in [0.1, 0.15) is 54.4 Å². The highest BCUT2D eigenvalue weighted by atomic mass is 35.5. The number of anilines is 1. The highest BCUT2D eigenvalue weighted by Gasteiger charge is 2.35. The Hall–Kier alpha value is -3.38. The third kappa shape index (κ3) is 6.75. The van der Waals surface area contributed by atoms with E-state index in [0.717, 1.165) is 28.8 Å². The van der Waals surface area contributed by atoms with Gasteiger partial charge in [0.2, 0.25) is 0 Å². The summed E-state index contributed by atoms with van der Waals surface area (Å²) in [5.74, 6) is -0.821. The molecule has 1 atom stereocenters. The maximum atomic E-state index is 13.7. The molecule has 0 spiro atoms. The van der Waals surface area contributed by atoms with Crippen molar-refractivity contribution in [2.75, 3.05) is 11.9 Å². The number of nitrogens with zero attached hydrogens (tertiary/aromatic N) is 1. The molecule has 1 aliphatic rings. The molecule has 210 valence electrons. The maximum Gasteiger partial charge on any atom is 0.339 e. The lowest BCUT2D eigenvalue weighted by Crippen LogP contribution is -2.29. The average molecular weight is 608 g/mol. The number of nitrogens with one attached hydrogen (secondary N) is 1. The Morgan fingerprint density at radius 1 is 0.951 bits per heavy atom. The van der Waals surface area contributed by atoms with Crippen molar-refractivity contribution in [1.82, 2.24) is 4.98 Å². The molecular formula is C33H29Cl3N2O3. The summed E-state index contributed by atoms with van der Waals surface area (Å²) in [6.45, 7) is 6.16. The molecule has 0 unspecified atom stereocenters. The summed E-state index contributed by atoms with van der Waals surface area (Å²) in [5.41, 5.74) is 5.19. The molecule has 41 heavy (non-hydrogen) atoms. The van der Waals surface area contributed by atoms with E-state index in [-0.39, 0.29) is 11.3 Å². The summed E-state index contributed by atoms with van der Waals surface area (Å²) in [6, 6.07) is 19.9. The van der Waals surface area contributed by atoms with E-state index in [4.69, 9.17) is 44.5 Å². The molecule has 5 nitrogen and oxygen atoms in total. The molecular weight excluding hydrogens is 579 g/mol. The van der Waals surface area contributed by atoms with E-state index in [0.29, 0.717) is 43.6 Å². The molecule has 5 rings (SSSR count). The first-order chi connectivity index (χ1) is 19.5. The molecule has 0 fully saturated rings. The van der Waals surface area contributed by atoms with Gasteiger partial charge in [-0.3, -0.25) is 4.79 Å². The van der Waals surface area contributed by atoms with Gasteiger partial charge in [-0.15, -0.1) is 0 Å². The number of aromatic nitrogens is 1. The van der Waals surface area contributed by atoms with Crippen molar-refractivity contribution in [3.05, 3.63) is 104 Å². The predicted octanol–water partition coefficient (Wildman–Crippen LogP) is 9.14. The minimum absolute atomic E-state index is 0.0261. The molecule has 1 amide bonds. The molecule has 1 N–H and O–H groups in total. The Kier molecular flexibility index (Phi) is 8.42. The number of amides is 1. The number of allylic oxidation sites excluding steroid dienone is 1. The van der Waals surface area contributed by atoms with Crippen molar-refractivity contribution in [3.63, 3.8) is 0 Å². The van der Waals surface area contributed by atoms with Gasteiger partial charge in [0.1, 0.15) is 0 Å². The largest absolute Gasteiger partial charge is 0.452 e. The van der Waals surface area contributed by atoms with Crippen molar-refractivity contribution in [3.8, 4) is 0 Å². The molecule has 0 radical (unpaired) electrons. The first kappa shape index (κ1) is 29.1. The quantitative estimate of drug-likeness (QED) is 0.230. The topological polar surface area (TPSA) is 68.3 Å². The second kappa shape index (κ2) is 11.8. The normalized spacial score (nSPS) is 16.0. The zero-order valence-electron chi connectivity index (χ0n) is 22.9. The minimum atomic E-state index is -0.570. The summed E-state index contributed by atoms with van der Waals surface area (Å²) in [6.07, 6.45) is 3.59. The number of esters is 1. The first-order valence-corrected chi connectivity index (χ1v) is 14.4. The zero-order chi connectivity index (χ0) is 29.3. The highest BCUT2D eigenvalue weighted by Crippen LogP contribution is 2.45. The Balaban J connectivity index is 1.53. The molecule has 4 aromatic rings. The van der Waals surface area contributed by atoms with Gasteiger partial charge in [-0.25, -0.2) is 9.78 Å². The Bertz CT molecular complexity index is 1650. The number of para-hydroxylation sites is 1. The van der Waals surface area contributed by atoms with Gasteiger partial charge < -0.3 is 10.1 Å². The summed E-state index contributed by atoms with van der Waals surface area (Å²) < 4.78 is 5.61. The van der Waals surface area contributed by atoms with Gasteiger partial charge in [0, 0.05) is 26.1 Å². The van der Waals surface area contributed by atoms with Crippen molar-refractivity contribution < 1.29 is 14.3 Å². The highest BCUT2D eigenvalue weighted by molar-refractivity contribution is 6.35. The third-order valence-electron chi connectivity index (χ3n) is 7.33. The molecule has 0 bridgehead atoms. The van der Waals surface area contributed by atoms with E-state index in [2.05, 4.69) is 32.2 Å². The molecule has 8 heteroatoms. The Morgan fingerprint density at radius 3 is 2.32 bits per heavy atom. The van der Waals surface area contributed by atoms with Crippen LogP contribution in [-0.2, 0) is 16.0 Å². The standard InChI is InChI=1S/C33H29Cl3N2O3/c1-33(2,3)21-13-20(12-19-8-10-22(34)11-9-19)31-27(14-21)30(26-6-4-5-7-28(26)38-31)32(40)41-18-29(39)37-25-16-23(35)15-24(36)17-25/h4-12,15-17,21H,13-14,18H2,1-3H3,(H,37,39)/b20-12-/t21-/m0/s1. The van der Waals surface area contributed by atoms with Crippen molar-refractivity contribution >= 4 is 74.9 Å². The van der Waals surface area contributed by atoms with E-state index in [1.165, 1.54) is 0 Å². The van der Waals surface area contributed by atoms with E-state index < -0.39 is 18.5 Å². The van der Waals surface area contributed by atoms with Crippen LogP contribution in [0.3, 0.4) is 0 Å². The van der Waals surface area contributed by atoms with Gasteiger partial charge in [-0.2, -0.15) is 0 Å². The summed E-state index contributed by atoms with van der Waals surface area (Å²) >= 11 is 18.2. The smallest absolute Gasteiger partial charge is 0.339 e. The number of ether oxygens (including phenoxy) is 1. The van der Waals surface area contributed by atoms with Crippen molar-refractivity contribution in [1.29, 1.82) is 0 Å². The fourth-order valence-corrected chi connectivity index (χ4v) is 5.81. The van der Waals surface area contributed by atoms with E-state index in [1.54, 1.807) is 18.2 Å². The lowest BCUT2D eigenvalue weighted by Gasteiger charge is -2.36. The van der Waals surface area contributed by atoms with Crippen LogP contribution in [-0.4, -0.2) is 23.5 Å². The maximum absolute atomic E-state index is 13.7. The summed E-state index contributed by atoms with van der Waals surface area (Å²) in [7, 11) is 0. The van der Waals surface area contributed by atoms with Crippen LogP contribution in [0.25, 0.3) is 22.6 Å². The van der Waals surface area contributed by atoms with Gasteiger partial charge in [0.15, 0.2) is 6.61 Å². The number of rotatable bonds is 5. The lowest BCUT2D eigenvalue weighted by molar-refractivity contribution is -0.119. The SMILES string of the molecule is CC(C)(C)[C@H]1C/C(=C/c2ccc(Cl)cc2)c2nc3ccccc3c(C(=O)OCC(=O)Nc3cc(Cl)cc(Cl)c3)c2C1. The summed E-state index contributed by atoms with van der Waals surface area (Å²) in [4.78, 5) is 31.5. The van der Waals surface area contributed by atoms with Gasteiger partial charge >= 0.3 is 5.97 Å². The zero-order valence-corrected chi connectivity index (χ0v) is 25.2. The van der Waals surface area contributed by atoms with E-state index in [9.17, 15) is 9.59 Å². The number of carbonyl (C=O) groups is 2. The number of fused-ring (bicyclic) bond motifs is 2. The second-order valence-corrected chi connectivity index (χ2v) is 12.6. The molecule has 1 aromatic heterocycles. The molecule has 1 aliphatic carbocycles. The predicted molar refractivity (Wildman–Crippen MR) is 168 cm³/mol. The van der Waals surface area contributed by atoms with Crippen LogP contribution in [0, 0.1) is 11.3 Å². The van der Waals surface area contributed by atoms with Crippen LogP contribution in [0.15, 0.2) is 66.7 Å². The number of hydrogen-bond donors (Lipinski definition) is 1. The minimum Gasteiger partial charge on any atom is -0.452 e. The summed E-state index contributed by atoms with van der Waals surface area (Å²) in [5, 5.41) is 4.81. The van der Waals surface area contributed by atoms with Crippen molar-refractivity contribution in [2.45, 2.75) is 33.6 Å². The third-order valence-corrected chi connectivity index (χ3v) is 8.02. The van der Waals surface area contributed by atoms with Crippen LogP contribution in [0.2, 0.25) is 15.1 Å². The second-order valence-electron chi connectivity index (χ2n) is 11.3. The van der Waals surface area contributed by atoms with Gasteiger partial charge in [-0.05, 0) is 83.3 Å². The monoisotopic (exact) mass is 606 g/mol. The number of pyridine rings is 1. The molecule has 1 heterocycles. The van der Waals surface area contributed by atoms with Crippen LogP contribution in [0.5, 0.6) is 0 Å². The fraction of sp³-hybridized carbons (Fsp3) is 0.242. The Morgan fingerprint density at radius 2 is 1.63 bits per heavy atom. The van der Waals surface area contributed by atoms with Gasteiger partial charge in [0.05, 0.1) is 16.8 Å². The van der Waals surface area contributed by atoms with Crippen LogP contribution in [0.4, 0.5) is 5.69 Å². The average Bonchev–Trinajstić information content (AvgIpc) is 2.90. The molecule has 0 saturated heterocycles. The lowest BCUT2D eigenvalue weighted by atomic mass is 9.69. The number of hydrogen-bond acceptors (Lipinski definition) is 4.